The van der Waals surface area contributed by atoms with Crippen LogP contribution in [0.15, 0.2) is 36.5 Å². The molecule has 1 aromatic heterocycles. The Hall–Kier alpha value is -1.86. The molecule has 0 radical (unpaired) electrons. The fourth-order valence-corrected chi connectivity index (χ4v) is 1.93. The van der Waals surface area contributed by atoms with E-state index in [1.165, 1.54) is 0 Å². The number of hydrogen-bond acceptors (Lipinski definition) is 3. The van der Waals surface area contributed by atoms with Gasteiger partial charge in [-0.25, -0.2) is 4.98 Å². The second-order valence-electron chi connectivity index (χ2n) is 3.80. The van der Waals surface area contributed by atoms with Crippen molar-refractivity contribution in [1.29, 1.82) is 5.26 Å². The molecule has 0 fully saturated rings. The van der Waals surface area contributed by atoms with Crippen LogP contribution in [0.5, 0.6) is 11.6 Å². The molecule has 18 heavy (non-hydrogen) atoms. The molecular formula is C14H11BrN2O. The molecule has 0 saturated carbocycles. The molecule has 90 valence electrons. The van der Waals surface area contributed by atoms with Gasteiger partial charge >= 0.3 is 0 Å². The van der Waals surface area contributed by atoms with Crippen molar-refractivity contribution in [2.24, 2.45) is 0 Å². The van der Waals surface area contributed by atoms with E-state index >= 15 is 0 Å². The Bertz CT molecular complexity index is 605. The Morgan fingerprint density at radius 1 is 1.39 bits per heavy atom. The van der Waals surface area contributed by atoms with Crippen molar-refractivity contribution in [3.05, 3.63) is 53.2 Å². The van der Waals surface area contributed by atoms with Gasteiger partial charge < -0.3 is 4.74 Å². The molecule has 0 aliphatic carbocycles. The quantitative estimate of drug-likeness (QED) is 0.807. The lowest BCUT2D eigenvalue weighted by molar-refractivity contribution is 0.455. The van der Waals surface area contributed by atoms with Gasteiger partial charge in [-0.15, -0.1) is 0 Å². The smallest absolute Gasteiger partial charge is 0.223 e. The van der Waals surface area contributed by atoms with Crippen molar-refractivity contribution >= 4 is 15.9 Å². The van der Waals surface area contributed by atoms with Crippen molar-refractivity contribution in [2.75, 3.05) is 0 Å². The molecule has 1 heterocycles. The first-order valence-electron chi connectivity index (χ1n) is 5.43. The zero-order chi connectivity index (χ0) is 13.0. The molecule has 0 spiro atoms. The monoisotopic (exact) mass is 302 g/mol. The van der Waals surface area contributed by atoms with Gasteiger partial charge in [0.1, 0.15) is 5.75 Å². The topological polar surface area (TPSA) is 45.9 Å². The fraction of sp³-hybridized carbons (Fsp3) is 0.143. The Labute approximate surface area is 114 Å². The summed E-state index contributed by atoms with van der Waals surface area (Å²) in [5.41, 5.74) is 2.52. The first-order chi connectivity index (χ1) is 8.74. The van der Waals surface area contributed by atoms with Gasteiger partial charge in [-0.2, -0.15) is 5.26 Å². The summed E-state index contributed by atoms with van der Waals surface area (Å²) < 4.78 is 5.78. The highest BCUT2D eigenvalue weighted by atomic mass is 79.9. The Kier molecular flexibility index (Phi) is 3.96. The number of benzene rings is 1. The highest BCUT2D eigenvalue weighted by Gasteiger charge is 2.07. The zero-order valence-corrected chi connectivity index (χ0v) is 11.4. The van der Waals surface area contributed by atoms with E-state index in [1.807, 2.05) is 25.1 Å². The van der Waals surface area contributed by atoms with E-state index in [4.69, 9.17) is 10.00 Å². The number of aryl methyl sites for hydroxylation is 1. The summed E-state index contributed by atoms with van der Waals surface area (Å²) in [5.74, 6) is 1.22. The van der Waals surface area contributed by atoms with Gasteiger partial charge in [0.25, 0.3) is 0 Å². The SMILES string of the molecule is Cc1ccc(C#N)cc1Oc1ncccc1CBr. The van der Waals surface area contributed by atoms with Crippen molar-refractivity contribution in [2.45, 2.75) is 12.3 Å². The molecule has 0 saturated heterocycles. The van der Waals surface area contributed by atoms with E-state index in [0.29, 0.717) is 22.5 Å². The number of halogens is 1. The zero-order valence-electron chi connectivity index (χ0n) is 9.85. The lowest BCUT2D eigenvalue weighted by Crippen LogP contribution is -1.94. The lowest BCUT2D eigenvalue weighted by atomic mass is 10.1. The fourth-order valence-electron chi connectivity index (χ4n) is 1.50. The van der Waals surface area contributed by atoms with Crippen LogP contribution in [-0.4, -0.2) is 4.98 Å². The average Bonchev–Trinajstić information content (AvgIpc) is 2.42. The molecule has 0 aliphatic rings. The van der Waals surface area contributed by atoms with Gasteiger partial charge in [0.2, 0.25) is 5.88 Å². The molecule has 2 rings (SSSR count). The van der Waals surface area contributed by atoms with Crippen LogP contribution < -0.4 is 4.74 Å². The summed E-state index contributed by atoms with van der Waals surface area (Å²) in [6.07, 6.45) is 1.69. The average molecular weight is 303 g/mol. The number of aromatic nitrogens is 1. The van der Waals surface area contributed by atoms with Gasteiger partial charge in [-0.3, -0.25) is 0 Å². The third-order valence-electron chi connectivity index (χ3n) is 2.52. The predicted molar refractivity (Wildman–Crippen MR) is 72.8 cm³/mol. The van der Waals surface area contributed by atoms with Crippen LogP contribution in [0.3, 0.4) is 0 Å². The molecule has 0 atom stereocenters. The van der Waals surface area contributed by atoms with Crippen LogP contribution in [0, 0.1) is 18.3 Å². The second-order valence-corrected chi connectivity index (χ2v) is 4.36. The van der Waals surface area contributed by atoms with Crippen LogP contribution >= 0.6 is 15.9 Å². The molecule has 3 nitrogen and oxygen atoms in total. The molecule has 0 unspecified atom stereocenters. The Morgan fingerprint density at radius 2 is 2.22 bits per heavy atom. The molecule has 0 bridgehead atoms. The highest BCUT2D eigenvalue weighted by Crippen LogP contribution is 2.27. The second kappa shape index (κ2) is 5.65. The van der Waals surface area contributed by atoms with E-state index in [2.05, 4.69) is 27.0 Å². The lowest BCUT2D eigenvalue weighted by Gasteiger charge is -2.10. The summed E-state index contributed by atoms with van der Waals surface area (Å²) in [5, 5.41) is 9.56. The number of hydrogen-bond donors (Lipinski definition) is 0. The predicted octanol–water partition coefficient (Wildman–Crippen LogP) is 3.95. The molecule has 2 aromatic rings. The summed E-state index contributed by atoms with van der Waals surface area (Å²) in [6.45, 7) is 1.94. The number of nitriles is 1. The molecule has 0 amide bonds. The molecule has 1 aromatic carbocycles. The van der Waals surface area contributed by atoms with Crippen LogP contribution in [0.1, 0.15) is 16.7 Å². The maximum atomic E-state index is 8.89. The Balaban J connectivity index is 2.37. The van der Waals surface area contributed by atoms with Gasteiger partial charge in [0.05, 0.1) is 11.6 Å². The van der Waals surface area contributed by atoms with Crippen LogP contribution in [0.2, 0.25) is 0 Å². The van der Waals surface area contributed by atoms with Gasteiger partial charge in [-0.05, 0) is 30.7 Å². The normalized spacial score (nSPS) is 9.83. The first-order valence-corrected chi connectivity index (χ1v) is 6.55. The number of rotatable bonds is 3. The van der Waals surface area contributed by atoms with E-state index < -0.39 is 0 Å². The largest absolute Gasteiger partial charge is 0.438 e. The molecule has 0 aliphatic heterocycles. The minimum absolute atomic E-state index is 0.563. The summed E-state index contributed by atoms with van der Waals surface area (Å²) in [4.78, 5) is 4.21. The van der Waals surface area contributed by atoms with E-state index in [-0.39, 0.29) is 0 Å². The highest BCUT2D eigenvalue weighted by molar-refractivity contribution is 9.08. The van der Waals surface area contributed by atoms with Crippen molar-refractivity contribution in [3.8, 4) is 17.7 Å². The standard InChI is InChI=1S/C14H11BrN2O/c1-10-4-5-11(9-16)7-13(10)18-14-12(8-15)3-2-6-17-14/h2-7H,8H2,1H3. The molecule has 0 N–H and O–H groups in total. The molecule has 4 heteroatoms. The number of ether oxygens (including phenoxy) is 1. The van der Waals surface area contributed by atoms with Gasteiger partial charge in [-0.1, -0.05) is 28.1 Å². The van der Waals surface area contributed by atoms with Crippen molar-refractivity contribution in [1.82, 2.24) is 4.98 Å². The summed E-state index contributed by atoms with van der Waals surface area (Å²) in [7, 11) is 0. The van der Waals surface area contributed by atoms with E-state index in [9.17, 15) is 0 Å². The van der Waals surface area contributed by atoms with Crippen LogP contribution in [0.4, 0.5) is 0 Å². The Morgan fingerprint density at radius 3 is 2.94 bits per heavy atom. The minimum Gasteiger partial charge on any atom is -0.438 e. The number of nitrogens with zero attached hydrogens (tertiary/aromatic N) is 2. The third-order valence-corrected chi connectivity index (χ3v) is 3.12. The maximum absolute atomic E-state index is 8.89. The summed E-state index contributed by atoms with van der Waals surface area (Å²) >= 11 is 3.40. The first kappa shape index (κ1) is 12.6. The minimum atomic E-state index is 0.563. The van der Waals surface area contributed by atoms with Crippen LogP contribution in [0.25, 0.3) is 0 Å². The van der Waals surface area contributed by atoms with E-state index in [0.717, 1.165) is 11.1 Å². The van der Waals surface area contributed by atoms with Gasteiger partial charge in [0.15, 0.2) is 0 Å². The summed E-state index contributed by atoms with van der Waals surface area (Å²) in [6, 6.07) is 11.3. The van der Waals surface area contributed by atoms with Crippen LogP contribution in [-0.2, 0) is 5.33 Å². The number of pyridine rings is 1. The third kappa shape index (κ3) is 2.69. The maximum Gasteiger partial charge on any atom is 0.223 e. The number of alkyl halides is 1. The molecular weight excluding hydrogens is 292 g/mol. The van der Waals surface area contributed by atoms with Gasteiger partial charge in [0, 0.05) is 17.1 Å². The van der Waals surface area contributed by atoms with Crippen molar-refractivity contribution < 1.29 is 4.74 Å². The van der Waals surface area contributed by atoms with Crippen molar-refractivity contribution in [3.63, 3.8) is 0 Å². The van der Waals surface area contributed by atoms with E-state index in [1.54, 1.807) is 18.3 Å².